The summed E-state index contributed by atoms with van der Waals surface area (Å²) in [5, 5.41) is 13.3. The van der Waals surface area contributed by atoms with Crippen LogP contribution < -0.4 is 10.3 Å². The number of aryl methyl sites for hydroxylation is 1. The molecule has 2 aromatic heterocycles. The van der Waals surface area contributed by atoms with Gasteiger partial charge in [0, 0.05) is 19.4 Å². The first-order chi connectivity index (χ1) is 11.7. The standard InChI is InChI=1S/C16H11N5O2S/c1-21-15(22)14(24-16-18-7-2-8-19-16)13(10-20-21)23-12-5-3-11(9-17)4-6-12/h2-8,10H,1H3. The van der Waals surface area contributed by atoms with Crippen LogP contribution in [0.1, 0.15) is 5.56 Å². The van der Waals surface area contributed by atoms with Crippen LogP contribution in [-0.2, 0) is 7.05 Å². The maximum atomic E-state index is 12.4. The first kappa shape index (κ1) is 15.7. The average Bonchev–Trinajstić information content (AvgIpc) is 2.63. The van der Waals surface area contributed by atoms with Gasteiger partial charge >= 0.3 is 0 Å². The Morgan fingerprint density at radius 2 is 1.92 bits per heavy atom. The third-order valence-corrected chi connectivity index (χ3v) is 3.98. The van der Waals surface area contributed by atoms with Gasteiger partial charge in [-0.3, -0.25) is 4.79 Å². The van der Waals surface area contributed by atoms with Crippen molar-refractivity contribution in [1.82, 2.24) is 19.7 Å². The Morgan fingerprint density at radius 1 is 1.21 bits per heavy atom. The molecule has 0 spiro atoms. The first-order valence-electron chi connectivity index (χ1n) is 6.86. The van der Waals surface area contributed by atoms with Crippen molar-refractivity contribution < 1.29 is 4.74 Å². The second-order valence-electron chi connectivity index (χ2n) is 4.64. The van der Waals surface area contributed by atoms with Crippen molar-refractivity contribution >= 4 is 11.8 Å². The van der Waals surface area contributed by atoms with E-state index >= 15 is 0 Å². The van der Waals surface area contributed by atoms with Gasteiger partial charge in [-0.1, -0.05) is 0 Å². The van der Waals surface area contributed by atoms with Crippen molar-refractivity contribution in [2.75, 3.05) is 0 Å². The summed E-state index contributed by atoms with van der Waals surface area (Å²) in [4.78, 5) is 20.9. The molecule has 8 heteroatoms. The van der Waals surface area contributed by atoms with Crippen molar-refractivity contribution in [3.63, 3.8) is 0 Å². The number of aromatic nitrogens is 4. The number of ether oxygens (including phenoxy) is 1. The van der Waals surface area contributed by atoms with E-state index in [0.717, 1.165) is 11.8 Å². The lowest BCUT2D eigenvalue weighted by atomic mass is 10.2. The molecule has 0 saturated carbocycles. The van der Waals surface area contributed by atoms with Gasteiger partial charge in [0.25, 0.3) is 5.56 Å². The zero-order chi connectivity index (χ0) is 16.9. The molecule has 3 rings (SSSR count). The molecule has 118 valence electrons. The molecule has 0 amide bonds. The Hall–Kier alpha value is -3.18. The summed E-state index contributed by atoms with van der Waals surface area (Å²) in [5.74, 6) is 0.806. The summed E-state index contributed by atoms with van der Waals surface area (Å²) >= 11 is 1.11. The average molecular weight is 337 g/mol. The molecule has 0 saturated heterocycles. The highest BCUT2D eigenvalue weighted by Crippen LogP contribution is 2.32. The van der Waals surface area contributed by atoms with Crippen molar-refractivity contribution in [2.45, 2.75) is 10.1 Å². The normalized spacial score (nSPS) is 10.2. The van der Waals surface area contributed by atoms with Gasteiger partial charge in [-0.05, 0) is 42.1 Å². The predicted molar refractivity (Wildman–Crippen MR) is 86.9 cm³/mol. The molecular weight excluding hydrogens is 326 g/mol. The second kappa shape index (κ2) is 6.93. The van der Waals surface area contributed by atoms with Crippen molar-refractivity contribution in [3.8, 4) is 17.6 Å². The summed E-state index contributed by atoms with van der Waals surface area (Å²) in [7, 11) is 1.56. The number of nitrogens with zero attached hydrogens (tertiary/aromatic N) is 5. The van der Waals surface area contributed by atoms with Gasteiger partial charge in [-0.15, -0.1) is 0 Å². The van der Waals surface area contributed by atoms with E-state index in [1.165, 1.54) is 10.9 Å². The van der Waals surface area contributed by atoms with Crippen molar-refractivity contribution in [1.29, 1.82) is 5.26 Å². The van der Waals surface area contributed by atoms with Crippen LogP contribution in [0, 0.1) is 11.3 Å². The summed E-state index contributed by atoms with van der Waals surface area (Å²) in [6.45, 7) is 0. The van der Waals surface area contributed by atoms with Crippen LogP contribution in [0.3, 0.4) is 0 Å². The molecule has 0 fully saturated rings. The molecule has 24 heavy (non-hydrogen) atoms. The fraction of sp³-hybridized carbons (Fsp3) is 0.0625. The zero-order valence-electron chi connectivity index (χ0n) is 12.6. The largest absolute Gasteiger partial charge is 0.454 e. The number of hydrogen-bond acceptors (Lipinski definition) is 7. The molecule has 1 aromatic carbocycles. The van der Waals surface area contributed by atoms with E-state index in [1.807, 2.05) is 6.07 Å². The van der Waals surface area contributed by atoms with Gasteiger partial charge in [0.15, 0.2) is 10.9 Å². The Labute approximate surface area is 141 Å². The molecule has 2 heterocycles. The summed E-state index contributed by atoms with van der Waals surface area (Å²) in [5.41, 5.74) is 0.218. The van der Waals surface area contributed by atoms with Gasteiger partial charge in [-0.25, -0.2) is 14.6 Å². The molecule has 0 N–H and O–H groups in total. The SMILES string of the molecule is Cn1ncc(Oc2ccc(C#N)cc2)c(Sc2ncccn2)c1=O. The Balaban J connectivity index is 1.96. The van der Waals surface area contributed by atoms with E-state index < -0.39 is 0 Å². The third kappa shape index (κ3) is 3.42. The van der Waals surface area contributed by atoms with Gasteiger partial charge in [0.05, 0.1) is 17.8 Å². The van der Waals surface area contributed by atoms with E-state index in [-0.39, 0.29) is 5.56 Å². The summed E-state index contributed by atoms with van der Waals surface area (Å²) in [6, 6.07) is 10.3. The maximum absolute atomic E-state index is 12.4. The highest BCUT2D eigenvalue weighted by atomic mass is 32.2. The van der Waals surface area contributed by atoms with Crippen LogP contribution in [0.15, 0.2) is 63.8 Å². The highest BCUT2D eigenvalue weighted by Gasteiger charge is 2.15. The predicted octanol–water partition coefficient (Wildman–Crippen LogP) is 2.39. The first-order valence-corrected chi connectivity index (χ1v) is 7.68. The monoisotopic (exact) mass is 337 g/mol. The minimum absolute atomic E-state index is 0.306. The molecule has 0 aliphatic carbocycles. The van der Waals surface area contributed by atoms with Crippen molar-refractivity contribution in [3.05, 3.63) is 64.8 Å². The summed E-state index contributed by atoms with van der Waals surface area (Å²) < 4.78 is 6.97. The fourth-order valence-electron chi connectivity index (χ4n) is 1.82. The smallest absolute Gasteiger partial charge is 0.284 e. The lowest BCUT2D eigenvalue weighted by Gasteiger charge is -2.10. The van der Waals surface area contributed by atoms with Gasteiger partial charge in [0.1, 0.15) is 10.6 Å². The van der Waals surface area contributed by atoms with E-state index in [1.54, 1.807) is 49.8 Å². The van der Waals surface area contributed by atoms with Crippen LogP contribution in [-0.4, -0.2) is 19.7 Å². The molecule has 0 bridgehead atoms. The maximum Gasteiger partial charge on any atom is 0.284 e. The Kier molecular flexibility index (Phi) is 4.54. The van der Waals surface area contributed by atoms with Gasteiger partial charge in [-0.2, -0.15) is 10.4 Å². The number of benzene rings is 1. The minimum Gasteiger partial charge on any atom is -0.454 e. The second-order valence-corrected chi connectivity index (χ2v) is 5.62. The van der Waals surface area contributed by atoms with Crippen LogP contribution in [0.5, 0.6) is 11.5 Å². The van der Waals surface area contributed by atoms with Crippen LogP contribution in [0.4, 0.5) is 0 Å². The molecular formula is C16H11N5O2S. The molecule has 7 nitrogen and oxygen atoms in total. The topological polar surface area (TPSA) is 93.7 Å². The Morgan fingerprint density at radius 3 is 2.58 bits per heavy atom. The van der Waals surface area contributed by atoms with Crippen LogP contribution in [0.25, 0.3) is 0 Å². The molecule has 3 aromatic rings. The van der Waals surface area contributed by atoms with Gasteiger partial charge in [0.2, 0.25) is 0 Å². The van der Waals surface area contributed by atoms with E-state index in [9.17, 15) is 4.79 Å². The van der Waals surface area contributed by atoms with E-state index in [0.29, 0.717) is 27.1 Å². The lowest BCUT2D eigenvalue weighted by molar-refractivity contribution is 0.457. The number of nitriles is 1. The minimum atomic E-state index is -0.307. The quantitative estimate of drug-likeness (QED) is 0.675. The highest BCUT2D eigenvalue weighted by molar-refractivity contribution is 7.99. The molecule has 0 aliphatic rings. The van der Waals surface area contributed by atoms with Crippen molar-refractivity contribution in [2.24, 2.45) is 7.05 Å². The third-order valence-electron chi connectivity index (χ3n) is 3.01. The summed E-state index contributed by atoms with van der Waals surface area (Å²) in [6.07, 6.45) is 4.66. The molecule has 0 aliphatic heterocycles. The number of hydrogen-bond donors (Lipinski definition) is 0. The van der Waals surface area contributed by atoms with E-state index in [4.69, 9.17) is 10.00 Å². The van der Waals surface area contributed by atoms with Crippen LogP contribution >= 0.6 is 11.8 Å². The fourth-order valence-corrected chi connectivity index (χ4v) is 2.65. The lowest BCUT2D eigenvalue weighted by Crippen LogP contribution is -2.21. The Bertz CT molecular complexity index is 949. The molecule has 0 radical (unpaired) electrons. The molecule has 0 atom stereocenters. The zero-order valence-corrected chi connectivity index (χ0v) is 13.4. The molecule has 0 unspecified atom stereocenters. The van der Waals surface area contributed by atoms with Gasteiger partial charge < -0.3 is 4.74 Å². The van der Waals surface area contributed by atoms with E-state index in [2.05, 4.69) is 15.1 Å². The van der Waals surface area contributed by atoms with Crippen LogP contribution in [0.2, 0.25) is 0 Å². The number of rotatable bonds is 4.